The van der Waals surface area contributed by atoms with E-state index in [-0.39, 0.29) is 18.7 Å². The van der Waals surface area contributed by atoms with Gasteiger partial charge in [-0.1, -0.05) is 12.1 Å². The van der Waals surface area contributed by atoms with E-state index in [0.29, 0.717) is 18.5 Å². The first-order valence-corrected chi connectivity index (χ1v) is 7.46. The average molecular weight is 320 g/mol. The van der Waals surface area contributed by atoms with Crippen LogP contribution in [0.1, 0.15) is 36.2 Å². The van der Waals surface area contributed by atoms with Gasteiger partial charge in [-0.15, -0.1) is 0 Å². The average Bonchev–Trinajstić information content (AvgIpc) is 2.90. The van der Waals surface area contributed by atoms with Crippen molar-refractivity contribution < 1.29 is 23.9 Å². The summed E-state index contributed by atoms with van der Waals surface area (Å²) >= 11 is 0. The van der Waals surface area contributed by atoms with Crippen LogP contribution < -0.4 is 10.6 Å². The molecule has 1 saturated heterocycles. The third-order valence-electron chi connectivity index (χ3n) is 3.20. The van der Waals surface area contributed by atoms with Gasteiger partial charge in [0.25, 0.3) is 0 Å². The van der Waals surface area contributed by atoms with Gasteiger partial charge in [0.2, 0.25) is 6.10 Å². The number of benzene rings is 1. The molecule has 1 aromatic rings. The summed E-state index contributed by atoms with van der Waals surface area (Å²) in [6.07, 6.45) is -0.430. The summed E-state index contributed by atoms with van der Waals surface area (Å²) in [4.78, 5) is 34.7. The zero-order valence-electron chi connectivity index (χ0n) is 13.1. The number of urea groups is 1. The number of amides is 2. The van der Waals surface area contributed by atoms with Crippen LogP contribution in [0.25, 0.3) is 0 Å². The molecule has 2 rings (SSSR count). The summed E-state index contributed by atoms with van der Waals surface area (Å²) in [5.41, 5.74) is 1.20. The normalized spacial score (nSPS) is 16.8. The Morgan fingerprint density at radius 1 is 1.30 bits per heavy atom. The van der Waals surface area contributed by atoms with Crippen LogP contribution in [0.4, 0.5) is 4.79 Å². The van der Waals surface area contributed by atoms with Crippen LogP contribution in [0.5, 0.6) is 0 Å². The molecule has 0 radical (unpaired) electrons. The van der Waals surface area contributed by atoms with E-state index in [4.69, 9.17) is 9.47 Å². The van der Waals surface area contributed by atoms with E-state index in [2.05, 4.69) is 10.6 Å². The molecule has 7 heteroatoms. The standard InChI is InChI=1S/C16H20N2O5/c1-10(2)18-16(21)17-9-11-3-5-12(6-4-11)14(19)23-13-7-8-22-15(13)20/h3-6,10,13H,7-9H2,1-2H3,(H2,17,18,21)/t13-/m1/s1. The van der Waals surface area contributed by atoms with Gasteiger partial charge < -0.3 is 20.1 Å². The Bertz CT molecular complexity index is 583. The van der Waals surface area contributed by atoms with Gasteiger partial charge in [0.15, 0.2) is 0 Å². The molecule has 1 fully saturated rings. The van der Waals surface area contributed by atoms with Gasteiger partial charge in [-0.25, -0.2) is 14.4 Å². The third kappa shape index (κ3) is 4.98. The zero-order chi connectivity index (χ0) is 16.8. The second-order valence-electron chi connectivity index (χ2n) is 5.53. The number of ether oxygens (including phenoxy) is 2. The van der Waals surface area contributed by atoms with Crippen molar-refractivity contribution >= 4 is 18.0 Å². The van der Waals surface area contributed by atoms with Gasteiger partial charge in [0.05, 0.1) is 12.2 Å². The lowest BCUT2D eigenvalue weighted by atomic mass is 10.1. The number of cyclic esters (lactones) is 1. The molecule has 1 aliphatic heterocycles. The molecule has 2 N–H and O–H groups in total. The van der Waals surface area contributed by atoms with Gasteiger partial charge in [0, 0.05) is 19.0 Å². The van der Waals surface area contributed by atoms with Crippen LogP contribution in [0, 0.1) is 0 Å². The van der Waals surface area contributed by atoms with Crippen LogP contribution >= 0.6 is 0 Å². The summed E-state index contributed by atoms with van der Waals surface area (Å²) in [6.45, 7) is 4.38. The molecule has 1 heterocycles. The number of esters is 2. The summed E-state index contributed by atoms with van der Waals surface area (Å²) in [5.74, 6) is -1.07. The van der Waals surface area contributed by atoms with E-state index in [0.717, 1.165) is 5.56 Å². The van der Waals surface area contributed by atoms with Crippen LogP contribution in [0.2, 0.25) is 0 Å². The first-order valence-electron chi connectivity index (χ1n) is 7.46. The second-order valence-corrected chi connectivity index (χ2v) is 5.53. The molecule has 0 unspecified atom stereocenters. The van der Waals surface area contributed by atoms with E-state index in [9.17, 15) is 14.4 Å². The fourth-order valence-electron chi connectivity index (χ4n) is 2.04. The fraction of sp³-hybridized carbons (Fsp3) is 0.438. The summed E-state index contributed by atoms with van der Waals surface area (Å²) < 4.78 is 9.84. The van der Waals surface area contributed by atoms with Crippen LogP contribution in [-0.2, 0) is 20.8 Å². The first-order chi connectivity index (χ1) is 11.0. The predicted octanol–water partition coefficient (Wildman–Crippen LogP) is 1.37. The Hall–Kier alpha value is -2.57. The maximum Gasteiger partial charge on any atom is 0.347 e. The van der Waals surface area contributed by atoms with E-state index >= 15 is 0 Å². The monoisotopic (exact) mass is 320 g/mol. The van der Waals surface area contributed by atoms with E-state index in [1.54, 1.807) is 24.3 Å². The van der Waals surface area contributed by atoms with Crippen molar-refractivity contribution in [3.8, 4) is 0 Å². The highest BCUT2D eigenvalue weighted by atomic mass is 16.6. The Morgan fingerprint density at radius 2 is 2.00 bits per heavy atom. The van der Waals surface area contributed by atoms with E-state index in [1.807, 2.05) is 13.8 Å². The minimum Gasteiger partial charge on any atom is -0.463 e. The summed E-state index contributed by atoms with van der Waals surface area (Å²) in [6, 6.07) is 6.45. The number of rotatable bonds is 5. The Labute approximate surface area is 134 Å². The van der Waals surface area contributed by atoms with Gasteiger partial charge in [0.1, 0.15) is 0 Å². The Morgan fingerprint density at radius 3 is 2.57 bits per heavy atom. The molecular weight excluding hydrogens is 300 g/mol. The number of carbonyl (C=O) groups is 3. The maximum atomic E-state index is 11.9. The quantitative estimate of drug-likeness (QED) is 0.799. The Balaban J connectivity index is 1.85. The minimum absolute atomic E-state index is 0.0643. The van der Waals surface area contributed by atoms with Crippen molar-refractivity contribution in [1.29, 1.82) is 0 Å². The SMILES string of the molecule is CC(C)NC(=O)NCc1ccc(C(=O)O[C@@H]2CCOC2=O)cc1. The molecule has 7 nitrogen and oxygen atoms in total. The van der Waals surface area contributed by atoms with Gasteiger partial charge in [-0.3, -0.25) is 0 Å². The molecule has 0 saturated carbocycles. The first kappa shape index (κ1) is 16.8. The highest BCUT2D eigenvalue weighted by Gasteiger charge is 2.30. The van der Waals surface area contributed by atoms with E-state index in [1.165, 1.54) is 0 Å². The van der Waals surface area contributed by atoms with Crippen molar-refractivity contribution in [2.75, 3.05) is 6.61 Å². The third-order valence-corrected chi connectivity index (χ3v) is 3.20. The van der Waals surface area contributed by atoms with Crippen LogP contribution in [0.3, 0.4) is 0 Å². The molecule has 1 aromatic carbocycles. The lowest BCUT2D eigenvalue weighted by Gasteiger charge is -2.11. The lowest BCUT2D eigenvalue weighted by Crippen LogP contribution is -2.39. The molecule has 0 aromatic heterocycles. The molecule has 0 aliphatic carbocycles. The fourth-order valence-corrected chi connectivity index (χ4v) is 2.04. The molecule has 124 valence electrons. The van der Waals surface area contributed by atoms with E-state index < -0.39 is 18.0 Å². The topological polar surface area (TPSA) is 93.7 Å². The van der Waals surface area contributed by atoms with Gasteiger partial charge in [-0.2, -0.15) is 0 Å². The van der Waals surface area contributed by atoms with Gasteiger partial charge >= 0.3 is 18.0 Å². The van der Waals surface area contributed by atoms with Crippen molar-refractivity contribution in [1.82, 2.24) is 10.6 Å². The maximum absolute atomic E-state index is 11.9. The molecule has 23 heavy (non-hydrogen) atoms. The second kappa shape index (κ2) is 7.62. The molecule has 1 aliphatic rings. The van der Waals surface area contributed by atoms with Crippen molar-refractivity contribution in [3.05, 3.63) is 35.4 Å². The van der Waals surface area contributed by atoms with Crippen molar-refractivity contribution in [2.24, 2.45) is 0 Å². The number of nitrogens with one attached hydrogen (secondary N) is 2. The lowest BCUT2D eigenvalue weighted by molar-refractivity contribution is -0.145. The van der Waals surface area contributed by atoms with Gasteiger partial charge in [-0.05, 0) is 31.5 Å². The molecule has 2 amide bonds. The number of carbonyl (C=O) groups excluding carboxylic acids is 3. The van der Waals surface area contributed by atoms with Crippen LogP contribution in [0.15, 0.2) is 24.3 Å². The van der Waals surface area contributed by atoms with Crippen LogP contribution in [-0.4, -0.2) is 36.7 Å². The van der Waals surface area contributed by atoms with Crippen molar-refractivity contribution in [3.63, 3.8) is 0 Å². The minimum atomic E-state index is -0.816. The highest BCUT2D eigenvalue weighted by molar-refractivity contribution is 5.91. The number of hydrogen-bond acceptors (Lipinski definition) is 5. The molecule has 1 atom stereocenters. The highest BCUT2D eigenvalue weighted by Crippen LogP contribution is 2.14. The molecule has 0 bridgehead atoms. The summed E-state index contributed by atoms with van der Waals surface area (Å²) in [5, 5.41) is 5.44. The number of hydrogen-bond donors (Lipinski definition) is 2. The molecular formula is C16H20N2O5. The largest absolute Gasteiger partial charge is 0.463 e. The Kier molecular flexibility index (Phi) is 5.56. The zero-order valence-corrected chi connectivity index (χ0v) is 13.1. The summed E-state index contributed by atoms with van der Waals surface area (Å²) in [7, 11) is 0. The van der Waals surface area contributed by atoms with Crippen molar-refractivity contribution in [2.45, 2.75) is 39.0 Å². The smallest absolute Gasteiger partial charge is 0.347 e. The predicted molar refractivity (Wildman–Crippen MR) is 81.7 cm³/mol. The molecule has 0 spiro atoms.